The number of hydrogen-bond donors (Lipinski definition) is 0. The van der Waals surface area contributed by atoms with E-state index < -0.39 is 0 Å². The van der Waals surface area contributed by atoms with Crippen molar-refractivity contribution < 1.29 is 23.3 Å². The van der Waals surface area contributed by atoms with E-state index in [1.807, 2.05) is 0 Å². The first-order valence-corrected chi connectivity index (χ1v) is 23.9. The number of fused-ring (bicyclic) bond motifs is 2. The molecule has 0 unspecified atom stereocenters. The second-order valence-corrected chi connectivity index (χ2v) is 14.5. The van der Waals surface area contributed by atoms with E-state index in [-0.39, 0.29) is 39.7 Å². The first-order valence-electron chi connectivity index (χ1n) is 19.8. The predicted octanol–water partition coefficient (Wildman–Crippen LogP) is 16.3. The van der Waals surface area contributed by atoms with Gasteiger partial charge in [0.2, 0.25) is 0 Å². The molecule has 308 valence electrons. The third kappa shape index (κ3) is 11.6. The molecule has 4 heteroatoms. The van der Waals surface area contributed by atoms with Gasteiger partial charge in [-0.05, 0) is 35.1 Å². The molecule has 0 saturated heterocycles. The Morgan fingerprint density at radius 2 is 0.565 bits per heavy atom. The van der Waals surface area contributed by atoms with Crippen LogP contribution in [0.4, 0.5) is 0 Å². The van der Waals surface area contributed by atoms with Gasteiger partial charge in [-0.1, -0.05) is 240 Å². The van der Waals surface area contributed by atoms with Crippen molar-refractivity contribution >= 4 is 53.2 Å². The van der Waals surface area contributed by atoms with Crippen molar-refractivity contribution in [3.05, 3.63) is 268 Å². The van der Waals surface area contributed by atoms with Gasteiger partial charge in [0.25, 0.3) is 0 Å². The third-order valence-electron chi connectivity index (χ3n) is 10.7. The Morgan fingerprint density at radius 3 is 0.855 bits per heavy atom. The molecule has 0 aliphatic rings. The van der Waals surface area contributed by atoms with Crippen molar-refractivity contribution in [2.75, 3.05) is 0 Å². The molecule has 62 heavy (non-hydrogen) atoms. The summed E-state index contributed by atoms with van der Waals surface area (Å²) in [5.74, 6) is 0. The standard InChI is InChI=1S/2C28H21.2CH3.2ClH.Si.Zr/c2*1-4-10-21(11-5-1)18-22-19-27-25(23-12-6-2-7-13-23)16-17-26(28(27)20-22)24-14-8-3-9-15-24;;;;;;/h2*1-17,19-20H,18H2;2*1H3;2*1H;;/q4*-1;;;;. The van der Waals surface area contributed by atoms with E-state index in [9.17, 15) is 0 Å². The van der Waals surface area contributed by atoms with Crippen LogP contribution in [0.1, 0.15) is 22.3 Å². The monoisotopic (exact) mass is 934 g/mol. The van der Waals surface area contributed by atoms with Gasteiger partial charge in [0.1, 0.15) is 0 Å². The van der Waals surface area contributed by atoms with E-state index in [0.717, 1.165) is 12.8 Å². The minimum Gasteiger partial charge on any atom is -0.164 e. The van der Waals surface area contributed by atoms with Crippen LogP contribution in [0.2, 0.25) is 0 Å². The normalized spacial score (nSPS) is 9.98. The molecular formula is C58H50Cl2SiZr-4. The summed E-state index contributed by atoms with van der Waals surface area (Å²) in [6.45, 7) is 3.06. The van der Waals surface area contributed by atoms with Crippen LogP contribution in [0.15, 0.2) is 231 Å². The third-order valence-corrected chi connectivity index (χ3v) is 10.7. The van der Waals surface area contributed by atoms with Crippen molar-refractivity contribution in [3.8, 4) is 44.5 Å². The second kappa shape index (κ2) is 24.3. The van der Waals surface area contributed by atoms with Crippen LogP contribution in [0, 0.1) is 14.9 Å². The Labute approximate surface area is 398 Å². The molecule has 10 aromatic rings. The molecule has 0 N–H and O–H groups in total. The molecule has 0 bridgehead atoms. The largest absolute Gasteiger partial charge is 0.164 e. The summed E-state index contributed by atoms with van der Waals surface area (Å²) in [4.78, 5) is 0. The zero-order valence-electron chi connectivity index (χ0n) is 35.2. The molecule has 0 saturated carbocycles. The fraction of sp³-hybridized carbons (Fsp3) is 0.0345. The van der Waals surface area contributed by atoms with Gasteiger partial charge in [-0.25, -0.2) is 0 Å². The minimum absolute atomic E-state index is 0. The number of benzene rings is 8. The van der Waals surface area contributed by atoms with Gasteiger partial charge in [-0.2, -0.15) is 12.1 Å². The average molecular weight is 937 g/mol. The van der Waals surface area contributed by atoms with E-state index >= 15 is 0 Å². The van der Waals surface area contributed by atoms with E-state index in [4.69, 9.17) is 0 Å². The number of halogens is 2. The predicted molar refractivity (Wildman–Crippen MR) is 272 cm³/mol. The van der Waals surface area contributed by atoms with E-state index in [0.29, 0.717) is 0 Å². The minimum atomic E-state index is 0. The fourth-order valence-electron chi connectivity index (χ4n) is 8.06. The summed E-state index contributed by atoms with van der Waals surface area (Å²) in [5.41, 5.74) is 15.7. The van der Waals surface area contributed by atoms with Crippen LogP contribution < -0.4 is 0 Å². The molecule has 0 atom stereocenters. The molecule has 10 aromatic carbocycles. The van der Waals surface area contributed by atoms with Gasteiger partial charge in [0.15, 0.2) is 0 Å². The van der Waals surface area contributed by atoms with Crippen LogP contribution in [-0.4, -0.2) is 6.88 Å². The van der Waals surface area contributed by atoms with E-state index in [1.165, 1.54) is 112 Å². The van der Waals surface area contributed by atoms with Crippen LogP contribution in [0.25, 0.3) is 66.1 Å². The first kappa shape index (κ1) is 49.3. The Kier molecular flexibility index (Phi) is 19.4. The van der Waals surface area contributed by atoms with E-state index in [2.05, 4.69) is 237 Å². The van der Waals surface area contributed by atoms with Crippen LogP contribution in [-0.2, 0) is 36.2 Å². The van der Waals surface area contributed by atoms with Crippen LogP contribution in [0.5, 0.6) is 0 Å². The number of hydrogen-bond acceptors (Lipinski definition) is 0. The maximum Gasteiger partial charge on any atom is -0.0204 e. The van der Waals surface area contributed by atoms with Gasteiger partial charge >= 0.3 is 30.2 Å². The summed E-state index contributed by atoms with van der Waals surface area (Å²) in [6, 6.07) is 82.7. The molecule has 0 aliphatic heterocycles. The summed E-state index contributed by atoms with van der Waals surface area (Å²) < 4.78 is 0. The van der Waals surface area contributed by atoms with Gasteiger partial charge in [-0.3, -0.25) is 0 Å². The SMILES string of the molecule is Cl.Cl.[CH3-].[CH3-].[Si]=[Zr].c1ccc(Cc2cc3c(-c4ccccc4)ccc(-c4ccccc4)c3[cH-]2)cc1.c1ccc(Cc2cc3c(-c4ccccc4)ccc(-c4ccccc4)c3[cH-]2)cc1. The smallest absolute Gasteiger partial charge is 0.0204 e. The molecule has 0 nitrogen and oxygen atoms in total. The molecule has 0 aromatic heterocycles. The Morgan fingerprint density at radius 1 is 0.323 bits per heavy atom. The summed E-state index contributed by atoms with van der Waals surface area (Å²) in [5, 5.41) is 5.33. The number of rotatable bonds is 8. The zero-order valence-corrected chi connectivity index (χ0v) is 40.3. The average Bonchev–Trinajstić information content (AvgIpc) is 3.93. The van der Waals surface area contributed by atoms with Crippen molar-refractivity contribution in [2.45, 2.75) is 12.8 Å². The molecule has 0 heterocycles. The van der Waals surface area contributed by atoms with Crippen molar-refractivity contribution in [1.29, 1.82) is 0 Å². The molecular weight excluding hydrogens is 887 g/mol. The fourth-order valence-corrected chi connectivity index (χ4v) is 8.06. The van der Waals surface area contributed by atoms with Crippen molar-refractivity contribution in [3.63, 3.8) is 0 Å². The molecule has 2 radical (unpaired) electrons. The van der Waals surface area contributed by atoms with Crippen LogP contribution in [0.3, 0.4) is 0 Å². The Bertz CT molecular complexity index is 2480. The molecule has 10 rings (SSSR count). The molecule has 0 fully saturated rings. The van der Waals surface area contributed by atoms with E-state index in [1.54, 1.807) is 0 Å². The van der Waals surface area contributed by atoms with Crippen molar-refractivity contribution in [2.24, 2.45) is 0 Å². The topological polar surface area (TPSA) is 0 Å². The summed E-state index contributed by atoms with van der Waals surface area (Å²) in [6.07, 6.45) is 1.91. The van der Waals surface area contributed by atoms with Gasteiger partial charge in [0.05, 0.1) is 0 Å². The van der Waals surface area contributed by atoms with Gasteiger partial charge < -0.3 is 14.9 Å². The Hall–Kier alpha value is -5.34. The molecule has 0 aliphatic carbocycles. The summed E-state index contributed by atoms with van der Waals surface area (Å²) in [7, 11) is 0. The first-order chi connectivity index (χ1) is 28.8. The Balaban J connectivity index is 0.000000247. The molecule has 0 spiro atoms. The summed E-state index contributed by atoms with van der Waals surface area (Å²) >= 11 is 1.36. The maximum absolute atomic E-state index is 3.06. The zero-order chi connectivity index (χ0) is 39.5. The second-order valence-electron chi connectivity index (χ2n) is 14.5. The van der Waals surface area contributed by atoms with Crippen molar-refractivity contribution in [1.82, 2.24) is 0 Å². The quantitative estimate of drug-likeness (QED) is 0.105. The maximum atomic E-state index is 3.06. The van der Waals surface area contributed by atoms with Gasteiger partial charge in [0, 0.05) is 0 Å². The molecule has 0 amide bonds. The van der Waals surface area contributed by atoms with Gasteiger partial charge in [-0.15, -0.1) is 69.6 Å². The van der Waals surface area contributed by atoms with Crippen LogP contribution >= 0.6 is 24.8 Å².